The van der Waals surface area contributed by atoms with E-state index in [1.807, 2.05) is 49.4 Å². The van der Waals surface area contributed by atoms with Crippen LogP contribution in [-0.4, -0.2) is 24.0 Å². The van der Waals surface area contributed by atoms with Crippen LogP contribution in [0.4, 0.5) is 5.69 Å². The van der Waals surface area contributed by atoms with E-state index in [0.717, 1.165) is 24.1 Å². The predicted octanol–water partition coefficient (Wildman–Crippen LogP) is 2.88. The molecule has 1 saturated carbocycles. The molecule has 2 aliphatic rings. The molecule has 4 rings (SSSR count). The third kappa shape index (κ3) is 4.05. The number of fused-ring (bicyclic) bond motifs is 1. The fourth-order valence-corrected chi connectivity index (χ4v) is 3.04. The highest BCUT2D eigenvalue weighted by Crippen LogP contribution is 2.33. The first-order valence-electron chi connectivity index (χ1n) is 9.20. The quantitative estimate of drug-likeness (QED) is 0.853. The van der Waals surface area contributed by atoms with Crippen molar-refractivity contribution >= 4 is 17.5 Å². The summed E-state index contributed by atoms with van der Waals surface area (Å²) < 4.78 is 11.6. The molecule has 2 atom stereocenters. The van der Waals surface area contributed by atoms with Crippen LogP contribution in [0.2, 0.25) is 0 Å². The molecule has 2 aromatic rings. The Morgan fingerprint density at radius 1 is 1.00 bits per heavy atom. The van der Waals surface area contributed by atoms with E-state index >= 15 is 0 Å². The van der Waals surface area contributed by atoms with Gasteiger partial charge in [-0.15, -0.1) is 0 Å². The molecule has 140 valence electrons. The van der Waals surface area contributed by atoms with Crippen molar-refractivity contribution in [2.45, 2.75) is 38.5 Å². The van der Waals surface area contributed by atoms with Gasteiger partial charge < -0.3 is 20.1 Å². The summed E-state index contributed by atoms with van der Waals surface area (Å²) in [5.74, 6) is 1.20. The van der Waals surface area contributed by atoms with Gasteiger partial charge in [-0.25, -0.2) is 0 Å². The molecule has 0 saturated heterocycles. The summed E-state index contributed by atoms with van der Waals surface area (Å²) in [7, 11) is 0. The van der Waals surface area contributed by atoms with Crippen LogP contribution < -0.4 is 20.1 Å². The Balaban J connectivity index is 1.36. The van der Waals surface area contributed by atoms with Crippen molar-refractivity contribution in [2.24, 2.45) is 5.92 Å². The van der Waals surface area contributed by atoms with Crippen LogP contribution in [-0.2, 0) is 16.1 Å². The van der Waals surface area contributed by atoms with Crippen LogP contribution in [0.25, 0.3) is 0 Å². The van der Waals surface area contributed by atoms with E-state index in [4.69, 9.17) is 9.47 Å². The molecular formula is C21H22N2O4. The maximum absolute atomic E-state index is 12.6. The van der Waals surface area contributed by atoms with Crippen LogP contribution in [0.1, 0.15) is 25.3 Å². The fourth-order valence-electron chi connectivity index (χ4n) is 3.04. The SMILES string of the molecule is C[C@@H]1Oc2ccccc2O[C@H]1C(=O)NCc1cccc(NC(=O)C2CC2)c1. The minimum absolute atomic E-state index is 0.0661. The fraction of sp³-hybridized carbons (Fsp3) is 0.333. The van der Waals surface area contributed by atoms with Crippen LogP contribution in [0.3, 0.4) is 0 Å². The maximum atomic E-state index is 12.6. The lowest BCUT2D eigenvalue weighted by atomic mass is 10.1. The number of carbonyl (C=O) groups excluding carboxylic acids is 2. The molecule has 0 spiro atoms. The van der Waals surface area contributed by atoms with Gasteiger partial charge in [0.2, 0.25) is 12.0 Å². The Hall–Kier alpha value is -3.02. The summed E-state index contributed by atoms with van der Waals surface area (Å²) >= 11 is 0. The first-order chi connectivity index (χ1) is 13.1. The molecule has 27 heavy (non-hydrogen) atoms. The normalized spacial score (nSPS) is 20.6. The molecular weight excluding hydrogens is 344 g/mol. The van der Waals surface area contributed by atoms with Gasteiger partial charge >= 0.3 is 0 Å². The number of hydrogen-bond donors (Lipinski definition) is 2. The average molecular weight is 366 g/mol. The Labute approximate surface area is 157 Å². The number of benzene rings is 2. The van der Waals surface area contributed by atoms with E-state index in [9.17, 15) is 9.59 Å². The van der Waals surface area contributed by atoms with Gasteiger partial charge in [0.25, 0.3) is 5.91 Å². The van der Waals surface area contributed by atoms with Crippen LogP contribution in [0.15, 0.2) is 48.5 Å². The first-order valence-corrected chi connectivity index (χ1v) is 9.20. The van der Waals surface area contributed by atoms with E-state index in [1.54, 1.807) is 6.07 Å². The number of nitrogens with one attached hydrogen (secondary N) is 2. The second-order valence-corrected chi connectivity index (χ2v) is 6.99. The molecule has 0 radical (unpaired) electrons. The zero-order valence-corrected chi connectivity index (χ0v) is 15.1. The van der Waals surface area contributed by atoms with Crippen molar-refractivity contribution in [3.8, 4) is 11.5 Å². The molecule has 2 amide bonds. The molecule has 2 N–H and O–H groups in total. The predicted molar refractivity (Wildman–Crippen MR) is 101 cm³/mol. The van der Waals surface area contributed by atoms with Crippen LogP contribution in [0.5, 0.6) is 11.5 Å². The molecule has 1 aliphatic heterocycles. The lowest BCUT2D eigenvalue weighted by Gasteiger charge is -2.31. The third-order valence-electron chi connectivity index (χ3n) is 4.71. The Morgan fingerprint density at radius 2 is 1.74 bits per heavy atom. The average Bonchev–Trinajstić information content (AvgIpc) is 3.51. The smallest absolute Gasteiger partial charge is 0.265 e. The summed E-state index contributed by atoms with van der Waals surface area (Å²) in [4.78, 5) is 24.5. The van der Waals surface area contributed by atoms with Gasteiger partial charge in [0.05, 0.1) is 0 Å². The minimum Gasteiger partial charge on any atom is -0.482 e. The summed E-state index contributed by atoms with van der Waals surface area (Å²) in [6, 6.07) is 14.8. The molecule has 6 heteroatoms. The summed E-state index contributed by atoms with van der Waals surface area (Å²) in [6.07, 6.45) is 0.834. The molecule has 2 aromatic carbocycles. The lowest BCUT2D eigenvalue weighted by molar-refractivity contribution is -0.133. The summed E-state index contributed by atoms with van der Waals surface area (Å²) in [5, 5.41) is 5.81. The van der Waals surface area contributed by atoms with Crippen molar-refractivity contribution in [3.63, 3.8) is 0 Å². The highest BCUT2D eigenvalue weighted by Gasteiger charge is 2.34. The molecule has 1 heterocycles. The third-order valence-corrected chi connectivity index (χ3v) is 4.71. The first kappa shape index (κ1) is 17.4. The standard InChI is InChI=1S/C21H22N2O4/c1-13-19(27-18-8-3-2-7-17(18)26-13)21(25)22-12-14-5-4-6-16(11-14)23-20(24)15-9-10-15/h2-8,11,13,15,19H,9-10,12H2,1H3,(H,22,25)(H,23,24)/t13-,19+/m0/s1. The van der Waals surface area contributed by atoms with Gasteiger partial charge in [0.1, 0.15) is 6.10 Å². The van der Waals surface area contributed by atoms with Gasteiger partial charge in [-0.3, -0.25) is 9.59 Å². The zero-order valence-electron chi connectivity index (χ0n) is 15.1. The number of anilines is 1. The van der Waals surface area contributed by atoms with Gasteiger partial charge in [0, 0.05) is 18.2 Å². The van der Waals surface area contributed by atoms with Crippen molar-refractivity contribution in [1.29, 1.82) is 0 Å². The molecule has 0 aromatic heterocycles. The topological polar surface area (TPSA) is 76.7 Å². The molecule has 0 unspecified atom stereocenters. The maximum Gasteiger partial charge on any atom is 0.265 e. The molecule has 1 fully saturated rings. The number of hydrogen-bond acceptors (Lipinski definition) is 4. The number of amides is 2. The van der Waals surface area contributed by atoms with Crippen molar-refractivity contribution < 1.29 is 19.1 Å². The summed E-state index contributed by atoms with van der Waals surface area (Å²) in [6.45, 7) is 2.16. The largest absolute Gasteiger partial charge is 0.482 e. The highest BCUT2D eigenvalue weighted by atomic mass is 16.6. The van der Waals surface area contributed by atoms with Crippen LogP contribution in [0, 0.1) is 5.92 Å². The van der Waals surface area contributed by atoms with Crippen molar-refractivity contribution in [1.82, 2.24) is 5.32 Å². The second kappa shape index (κ2) is 7.31. The van der Waals surface area contributed by atoms with E-state index in [2.05, 4.69) is 10.6 Å². The molecule has 1 aliphatic carbocycles. The Morgan fingerprint density at radius 3 is 2.48 bits per heavy atom. The second-order valence-electron chi connectivity index (χ2n) is 6.99. The number of carbonyl (C=O) groups is 2. The molecule has 6 nitrogen and oxygen atoms in total. The van der Waals surface area contributed by atoms with Gasteiger partial charge in [-0.05, 0) is 49.6 Å². The van der Waals surface area contributed by atoms with E-state index in [0.29, 0.717) is 18.0 Å². The van der Waals surface area contributed by atoms with Gasteiger partial charge in [-0.1, -0.05) is 24.3 Å². The Kier molecular flexibility index (Phi) is 4.71. The van der Waals surface area contributed by atoms with Crippen molar-refractivity contribution in [2.75, 3.05) is 5.32 Å². The number of ether oxygens (including phenoxy) is 2. The number of para-hydroxylation sites is 2. The minimum atomic E-state index is -0.711. The molecule has 0 bridgehead atoms. The van der Waals surface area contributed by atoms with Crippen molar-refractivity contribution in [3.05, 3.63) is 54.1 Å². The zero-order chi connectivity index (χ0) is 18.8. The Bertz CT molecular complexity index is 863. The van der Waals surface area contributed by atoms with E-state index in [1.165, 1.54) is 0 Å². The highest BCUT2D eigenvalue weighted by molar-refractivity contribution is 5.94. The monoisotopic (exact) mass is 366 g/mol. The lowest BCUT2D eigenvalue weighted by Crippen LogP contribution is -2.48. The van der Waals surface area contributed by atoms with Gasteiger partial charge in [0.15, 0.2) is 11.5 Å². The summed E-state index contributed by atoms with van der Waals surface area (Å²) in [5.41, 5.74) is 1.65. The van der Waals surface area contributed by atoms with E-state index < -0.39 is 6.10 Å². The van der Waals surface area contributed by atoms with Crippen LogP contribution >= 0.6 is 0 Å². The number of rotatable bonds is 5. The van der Waals surface area contributed by atoms with Gasteiger partial charge in [-0.2, -0.15) is 0 Å². The van der Waals surface area contributed by atoms with E-state index in [-0.39, 0.29) is 23.8 Å².